The molecule has 17 heavy (non-hydrogen) atoms. The monoisotopic (exact) mass is 232 g/mol. The van der Waals surface area contributed by atoms with E-state index in [9.17, 15) is 0 Å². The highest BCUT2D eigenvalue weighted by atomic mass is 16.5. The van der Waals surface area contributed by atoms with Gasteiger partial charge in [0.15, 0.2) is 0 Å². The zero-order chi connectivity index (χ0) is 11.7. The summed E-state index contributed by atoms with van der Waals surface area (Å²) >= 11 is 0. The number of nitrogens with one attached hydrogen (secondary N) is 1. The summed E-state index contributed by atoms with van der Waals surface area (Å²) in [7, 11) is 1.78. The van der Waals surface area contributed by atoms with E-state index in [0.29, 0.717) is 6.10 Å². The zero-order valence-electron chi connectivity index (χ0n) is 9.89. The molecule has 1 aromatic heterocycles. The number of hydrogen-bond donors (Lipinski definition) is 1. The van der Waals surface area contributed by atoms with Crippen LogP contribution in [0.1, 0.15) is 12.8 Å². The van der Waals surface area contributed by atoms with Gasteiger partial charge in [-0.05, 0) is 25.0 Å². The van der Waals surface area contributed by atoms with Crippen molar-refractivity contribution in [3.8, 4) is 0 Å². The summed E-state index contributed by atoms with van der Waals surface area (Å²) in [6, 6.07) is 6.13. The van der Waals surface area contributed by atoms with E-state index in [4.69, 9.17) is 4.74 Å². The van der Waals surface area contributed by atoms with Crippen molar-refractivity contribution in [3.63, 3.8) is 0 Å². The first-order valence-electron chi connectivity index (χ1n) is 5.96. The number of nitrogens with zero attached hydrogens (tertiary/aromatic N) is 3. The van der Waals surface area contributed by atoms with Crippen LogP contribution in [0.4, 0.5) is 5.69 Å². The Morgan fingerprint density at radius 3 is 3.29 bits per heavy atom. The number of fused-ring (bicyclic) bond motifs is 1. The van der Waals surface area contributed by atoms with Crippen LogP contribution in [0.2, 0.25) is 0 Å². The van der Waals surface area contributed by atoms with Crippen molar-refractivity contribution in [1.29, 1.82) is 0 Å². The molecule has 5 heteroatoms. The minimum absolute atomic E-state index is 0.325. The van der Waals surface area contributed by atoms with Crippen molar-refractivity contribution >= 4 is 16.7 Å². The quantitative estimate of drug-likeness (QED) is 0.854. The molecule has 2 heterocycles. The van der Waals surface area contributed by atoms with Crippen molar-refractivity contribution in [2.24, 2.45) is 0 Å². The number of ether oxygens (including phenoxy) is 1. The Hall–Kier alpha value is -1.62. The third-order valence-corrected chi connectivity index (χ3v) is 3.39. The van der Waals surface area contributed by atoms with E-state index in [0.717, 1.165) is 42.7 Å². The van der Waals surface area contributed by atoms with Gasteiger partial charge in [0.05, 0.1) is 17.3 Å². The average Bonchev–Trinajstić information content (AvgIpc) is 2.87. The topological polar surface area (TPSA) is 54.0 Å². The number of methoxy groups -OCH3 is 1. The summed E-state index contributed by atoms with van der Waals surface area (Å²) in [4.78, 5) is 2.34. The van der Waals surface area contributed by atoms with Crippen LogP contribution in [0.15, 0.2) is 18.2 Å². The van der Waals surface area contributed by atoms with E-state index in [1.165, 1.54) is 0 Å². The first-order valence-corrected chi connectivity index (χ1v) is 5.96. The number of hydrogen-bond acceptors (Lipinski definition) is 4. The maximum atomic E-state index is 5.45. The van der Waals surface area contributed by atoms with E-state index in [1.54, 1.807) is 7.11 Å². The maximum Gasteiger partial charge on any atom is 0.136 e. The van der Waals surface area contributed by atoms with Crippen molar-refractivity contribution in [2.45, 2.75) is 18.9 Å². The number of benzene rings is 1. The van der Waals surface area contributed by atoms with Gasteiger partial charge < -0.3 is 9.64 Å². The number of aromatic nitrogens is 3. The first kappa shape index (κ1) is 10.5. The van der Waals surface area contributed by atoms with Crippen molar-refractivity contribution in [3.05, 3.63) is 18.2 Å². The molecule has 5 nitrogen and oxygen atoms in total. The molecule has 3 rings (SSSR count). The number of aromatic amines is 1. The molecule has 0 spiro atoms. The van der Waals surface area contributed by atoms with Gasteiger partial charge >= 0.3 is 0 Å². The van der Waals surface area contributed by atoms with Gasteiger partial charge in [0.25, 0.3) is 0 Å². The molecular weight excluding hydrogens is 216 g/mol. The van der Waals surface area contributed by atoms with Crippen LogP contribution in [0.5, 0.6) is 0 Å². The summed E-state index contributed by atoms with van der Waals surface area (Å²) in [5.41, 5.74) is 3.09. The van der Waals surface area contributed by atoms with Crippen LogP contribution in [0.3, 0.4) is 0 Å². The Morgan fingerprint density at radius 2 is 2.41 bits per heavy atom. The molecule has 0 unspecified atom stereocenters. The van der Waals surface area contributed by atoms with Crippen molar-refractivity contribution in [1.82, 2.24) is 15.4 Å². The van der Waals surface area contributed by atoms with Gasteiger partial charge in [-0.1, -0.05) is 11.3 Å². The molecule has 1 atom stereocenters. The lowest BCUT2D eigenvalue weighted by Gasteiger charge is -2.33. The van der Waals surface area contributed by atoms with E-state index < -0.39 is 0 Å². The molecule has 0 amide bonds. The Morgan fingerprint density at radius 1 is 1.47 bits per heavy atom. The van der Waals surface area contributed by atoms with Gasteiger partial charge in [0.2, 0.25) is 0 Å². The number of anilines is 1. The predicted molar refractivity (Wildman–Crippen MR) is 66.1 cm³/mol. The normalized spacial score (nSPS) is 21.0. The Balaban J connectivity index is 1.94. The zero-order valence-corrected chi connectivity index (χ0v) is 9.89. The number of piperidine rings is 1. The molecule has 0 aliphatic carbocycles. The minimum Gasteiger partial charge on any atom is -0.380 e. The Labute approximate surface area is 99.8 Å². The van der Waals surface area contributed by atoms with Crippen LogP contribution < -0.4 is 4.90 Å². The Bertz CT molecular complexity index is 510. The maximum absolute atomic E-state index is 5.45. The molecule has 1 aliphatic rings. The summed E-state index contributed by atoms with van der Waals surface area (Å²) in [5, 5.41) is 10.9. The SMILES string of the molecule is CO[C@H]1CCCN(c2cccc3[nH]nnc23)C1. The molecular formula is C12H16N4O. The van der Waals surface area contributed by atoms with Gasteiger partial charge in [-0.15, -0.1) is 5.10 Å². The van der Waals surface area contributed by atoms with Gasteiger partial charge in [-0.3, -0.25) is 5.10 Å². The lowest BCUT2D eigenvalue weighted by molar-refractivity contribution is 0.0894. The van der Waals surface area contributed by atoms with Crippen LogP contribution >= 0.6 is 0 Å². The molecule has 1 aliphatic heterocycles. The molecule has 1 fully saturated rings. The second kappa shape index (κ2) is 4.33. The minimum atomic E-state index is 0.325. The number of rotatable bonds is 2. The smallest absolute Gasteiger partial charge is 0.136 e. The van der Waals surface area contributed by atoms with E-state index in [2.05, 4.69) is 26.4 Å². The predicted octanol–water partition coefficient (Wildman–Crippen LogP) is 1.57. The molecule has 0 bridgehead atoms. The van der Waals surface area contributed by atoms with Crippen molar-refractivity contribution < 1.29 is 4.74 Å². The summed E-state index contributed by atoms with van der Waals surface area (Å²) in [6.45, 7) is 1.99. The van der Waals surface area contributed by atoms with Crippen LogP contribution in [0.25, 0.3) is 11.0 Å². The van der Waals surface area contributed by atoms with Gasteiger partial charge in [0, 0.05) is 20.2 Å². The van der Waals surface area contributed by atoms with Gasteiger partial charge in [-0.2, -0.15) is 0 Å². The second-order valence-corrected chi connectivity index (χ2v) is 4.43. The molecule has 90 valence electrons. The first-order chi connectivity index (χ1) is 8.38. The highest BCUT2D eigenvalue weighted by Gasteiger charge is 2.21. The molecule has 0 radical (unpaired) electrons. The second-order valence-electron chi connectivity index (χ2n) is 4.43. The van der Waals surface area contributed by atoms with E-state index in [1.807, 2.05) is 12.1 Å². The fourth-order valence-electron chi connectivity index (χ4n) is 2.46. The third kappa shape index (κ3) is 1.86. The molecule has 1 N–H and O–H groups in total. The number of H-pyrrole nitrogens is 1. The molecule has 2 aromatic rings. The largest absolute Gasteiger partial charge is 0.380 e. The summed E-state index contributed by atoms with van der Waals surface area (Å²) < 4.78 is 5.45. The fraction of sp³-hybridized carbons (Fsp3) is 0.500. The summed E-state index contributed by atoms with van der Waals surface area (Å²) in [5.74, 6) is 0. The fourth-order valence-corrected chi connectivity index (χ4v) is 2.46. The van der Waals surface area contributed by atoms with Gasteiger partial charge in [-0.25, -0.2) is 0 Å². The lowest BCUT2D eigenvalue weighted by Crippen LogP contribution is -2.39. The Kier molecular flexibility index (Phi) is 2.68. The molecule has 1 saturated heterocycles. The average molecular weight is 232 g/mol. The van der Waals surface area contributed by atoms with Crippen LogP contribution in [0, 0.1) is 0 Å². The standard InChI is InChI=1S/C12H16N4O/c1-17-9-4-3-7-16(8-9)11-6-2-5-10-12(11)14-15-13-10/h2,5-6,9H,3-4,7-8H2,1H3,(H,13,14,15)/t9-/m0/s1. The van der Waals surface area contributed by atoms with Crippen molar-refractivity contribution in [2.75, 3.05) is 25.1 Å². The summed E-state index contributed by atoms with van der Waals surface area (Å²) in [6.07, 6.45) is 2.63. The van der Waals surface area contributed by atoms with E-state index >= 15 is 0 Å². The van der Waals surface area contributed by atoms with E-state index in [-0.39, 0.29) is 0 Å². The molecule has 1 aromatic carbocycles. The highest BCUT2D eigenvalue weighted by molar-refractivity contribution is 5.87. The highest BCUT2D eigenvalue weighted by Crippen LogP contribution is 2.26. The molecule has 0 saturated carbocycles. The van der Waals surface area contributed by atoms with Crippen LogP contribution in [-0.4, -0.2) is 41.7 Å². The third-order valence-electron chi connectivity index (χ3n) is 3.39. The lowest BCUT2D eigenvalue weighted by atomic mass is 10.1. The van der Waals surface area contributed by atoms with Crippen LogP contribution in [-0.2, 0) is 4.74 Å². The van der Waals surface area contributed by atoms with Gasteiger partial charge in [0.1, 0.15) is 5.52 Å².